The van der Waals surface area contributed by atoms with Gasteiger partial charge in [0.05, 0.1) is 5.52 Å². The quantitative estimate of drug-likeness (QED) is 0.562. The van der Waals surface area contributed by atoms with E-state index in [4.69, 9.17) is 5.73 Å². The Balaban J connectivity index is 2.74. The molecule has 15 heavy (non-hydrogen) atoms. The zero-order valence-electron chi connectivity index (χ0n) is 7.77. The first-order chi connectivity index (χ1) is 7.27. The maximum absolute atomic E-state index is 11.5. The van der Waals surface area contributed by atoms with Gasteiger partial charge in [0.1, 0.15) is 0 Å². The molecule has 3 N–H and O–H groups in total. The smallest absolute Gasteiger partial charge is 0.348 e. The number of nitrogens with one attached hydrogen (secondary N) is 1. The number of aromatic amines is 1. The first-order valence-electron chi connectivity index (χ1n) is 4.52. The number of pyridine rings is 1. The Kier molecular flexibility index (Phi) is 1.39. The van der Waals surface area contributed by atoms with Crippen molar-refractivity contribution in [3.05, 3.63) is 40.8 Å². The van der Waals surface area contributed by atoms with Crippen molar-refractivity contribution in [2.75, 3.05) is 5.73 Å². The molecule has 0 aliphatic carbocycles. The molecule has 0 aliphatic rings. The Labute approximate surface area is 84.1 Å². The van der Waals surface area contributed by atoms with Gasteiger partial charge in [-0.05, 0) is 6.07 Å². The number of nitrogens with two attached hydrogens (primary N) is 1. The highest BCUT2D eigenvalue weighted by molar-refractivity contribution is 5.92. The van der Waals surface area contributed by atoms with Gasteiger partial charge in [0.25, 0.3) is 0 Å². The third kappa shape index (κ3) is 0.969. The molecule has 0 fully saturated rings. The maximum atomic E-state index is 11.5. The molecule has 5 nitrogen and oxygen atoms in total. The average Bonchev–Trinajstić information content (AvgIpc) is 2.61. The van der Waals surface area contributed by atoms with Gasteiger partial charge in [0.15, 0.2) is 5.65 Å². The average molecular weight is 200 g/mol. The summed E-state index contributed by atoms with van der Waals surface area (Å²) in [6.07, 6.45) is 0. The number of fused-ring (bicyclic) bond motifs is 3. The van der Waals surface area contributed by atoms with Crippen molar-refractivity contribution in [3.8, 4) is 0 Å². The second-order valence-electron chi connectivity index (χ2n) is 3.34. The van der Waals surface area contributed by atoms with Gasteiger partial charge < -0.3 is 5.73 Å². The Hall–Kier alpha value is -2.30. The van der Waals surface area contributed by atoms with Gasteiger partial charge in [-0.25, -0.2) is 14.3 Å². The van der Waals surface area contributed by atoms with Gasteiger partial charge in [-0.2, -0.15) is 5.10 Å². The van der Waals surface area contributed by atoms with Gasteiger partial charge in [0.2, 0.25) is 0 Å². The first-order valence-corrected chi connectivity index (χ1v) is 4.52. The molecule has 5 heteroatoms. The summed E-state index contributed by atoms with van der Waals surface area (Å²) in [7, 11) is 0. The molecule has 0 atom stereocenters. The van der Waals surface area contributed by atoms with Crippen LogP contribution in [0.4, 0.5) is 5.69 Å². The van der Waals surface area contributed by atoms with E-state index in [-0.39, 0.29) is 5.69 Å². The molecule has 74 valence electrons. The number of aromatic nitrogens is 3. The van der Waals surface area contributed by atoms with E-state index in [1.807, 2.05) is 24.3 Å². The molecule has 0 bridgehead atoms. The van der Waals surface area contributed by atoms with Crippen LogP contribution in [0.2, 0.25) is 0 Å². The minimum atomic E-state index is -0.249. The van der Waals surface area contributed by atoms with Crippen LogP contribution in [0, 0.1) is 0 Å². The fraction of sp³-hybridized carbons (Fsp3) is 0. The van der Waals surface area contributed by atoms with Crippen LogP contribution in [0.3, 0.4) is 0 Å². The highest BCUT2D eigenvalue weighted by Gasteiger charge is 2.06. The normalized spacial score (nSPS) is 11.2. The Morgan fingerprint density at radius 3 is 3.00 bits per heavy atom. The number of hydrogen-bond acceptors (Lipinski definition) is 3. The summed E-state index contributed by atoms with van der Waals surface area (Å²) in [5, 5.41) is 7.13. The minimum Gasteiger partial charge on any atom is -0.398 e. The standard InChI is InChI=1S/C10H8N4O/c11-7-5-9-12-13-10(15)14(9)8-4-2-1-3-6(7)8/h1-5H,11H2,(H,13,15). The monoisotopic (exact) mass is 200 g/mol. The lowest BCUT2D eigenvalue weighted by atomic mass is 10.2. The SMILES string of the molecule is Nc1cc2n[nH]c(=O)n2c2ccccc12. The van der Waals surface area contributed by atoms with Gasteiger partial charge in [-0.1, -0.05) is 18.2 Å². The number of para-hydroxylation sites is 1. The van der Waals surface area contributed by atoms with Crippen LogP contribution in [0.5, 0.6) is 0 Å². The molecule has 0 unspecified atom stereocenters. The van der Waals surface area contributed by atoms with Crippen molar-refractivity contribution in [2.24, 2.45) is 0 Å². The van der Waals surface area contributed by atoms with E-state index in [0.717, 1.165) is 10.9 Å². The molecule has 3 rings (SSSR count). The molecule has 2 heterocycles. The second-order valence-corrected chi connectivity index (χ2v) is 3.34. The summed E-state index contributed by atoms with van der Waals surface area (Å²) in [6, 6.07) is 9.15. The van der Waals surface area contributed by atoms with Crippen LogP contribution in [-0.2, 0) is 0 Å². The minimum absolute atomic E-state index is 0.249. The Bertz CT molecular complexity index is 710. The molecular formula is C10H8N4O. The summed E-state index contributed by atoms with van der Waals surface area (Å²) in [5.41, 5.74) is 7.54. The third-order valence-electron chi connectivity index (χ3n) is 2.44. The molecule has 1 aromatic carbocycles. The van der Waals surface area contributed by atoms with Crippen molar-refractivity contribution >= 4 is 22.2 Å². The predicted molar refractivity (Wildman–Crippen MR) is 57.7 cm³/mol. The molecule has 3 aromatic rings. The maximum Gasteiger partial charge on any atom is 0.348 e. The van der Waals surface area contributed by atoms with Crippen LogP contribution >= 0.6 is 0 Å². The van der Waals surface area contributed by atoms with Crippen molar-refractivity contribution in [2.45, 2.75) is 0 Å². The van der Waals surface area contributed by atoms with Crippen LogP contribution < -0.4 is 11.4 Å². The molecule has 0 saturated carbocycles. The molecule has 0 spiro atoms. The van der Waals surface area contributed by atoms with Crippen molar-refractivity contribution in [1.29, 1.82) is 0 Å². The van der Waals surface area contributed by atoms with Crippen molar-refractivity contribution in [1.82, 2.24) is 14.6 Å². The topological polar surface area (TPSA) is 76.2 Å². The van der Waals surface area contributed by atoms with E-state index in [1.54, 1.807) is 6.07 Å². The number of benzene rings is 1. The van der Waals surface area contributed by atoms with Crippen LogP contribution in [0.1, 0.15) is 0 Å². The van der Waals surface area contributed by atoms with Crippen LogP contribution in [0.25, 0.3) is 16.6 Å². The highest BCUT2D eigenvalue weighted by Crippen LogP contribution is 2.20. The summed E-state index contributed by atoms with van der Waals surface area (Å²) in [4.78, 5) is 11.5. The zero-order chi connectivity index (χ0) is 10.4. The Morgan fingerprint density at radius 1 is 1.33 bits per heavy atom. The van der Waals surface area contributed by atoms with Gasteiger partial charge in [-0.3, -0.25) is 0 Å². The number of hydrogen-bond donors (Lipinski definition) is 2. The van der Waals surface area contributed by atoms with E-state index in [2.05, 4.69) is 10.2 Å². The highest BCUT2D eigenvalue weighted by atomic mass is 16.1. The van der Waals surface area contributed by atoms with Crippen molar-refractivity contribution in [3.63, 3.8) is 0 Å². The summed E-state index contributed by atoms with van der Waals surface area (Å²) >= 11 is 0. The zero-order valence-corrected chi connectivity index (χ0v) is 7.77. The lowest BCUT2D eigenvalue weighted by Crippen LogP contribution is -2.10. The third-order valence-corrected chi connectivity index (χ3v) is 2.44. The fourth-order valence-electron chi connectivity index (χ4n) is 1.77. The van der Waals surface area contributed by atoms with Crippen LogP contribution in [0.15, 0.2) is 35.1 Å². The van der Waals surface area contributed by atoms with Crippen molar-refractivity contribution < 1.29 is 0 Å². The lowest BCUT2D eigenvalue weighted by molar-refractivity contribution is 1.04. The molecule has 0 amide bonds. The number of anilines is 1. The van der Waals surface area contributed by atoms with E-state index in [1.165, 1.54) is 4.40 Å². The van der Waals surface area contributed by atoms with E-state index < -0.39 is 0 Å². The Morgan fingerprint density at radius 2 is 2.13 bits per heavy atom. The second kappa shape index (κ2) is 2.60. The molecule has 0 aliphatic heterocycles. The van der Waals surface area contributed by atoms with Gasteiger partial charge in [0, 0.05) is 17.1 Å². The van der Waals surface area contributed by atoms with E-state index in [0.29, 0.717) is 11.3 Å². The molecule has 0 saturated heterocycles. The van der Waals surface area contributed by atoms with E-state index in [9.17, 15) is 4.79 Å². The fourth-order valence-corrected chi connectivity index (χ4v) is 1.77. The summed E-state index contributed by atoms with van der Waals surface area (Å²) in [6.45, 7) is 0. The molecular weight excluding hydrogens is 192 g/mol. The van der Waals surface area contributed by atoms with Gasteiger partial charge in [-0.15, -0.1) is 0 Å². The molecule has 2 aromatic heterocycles. The number of rotatable bonds is 0. The summed E-state index contributed by atoms with van der Waals surface area (Å²) in [5.74, 6) is 0. The summed E-state index contributed by atoms with van der Waals surface area (Å²) < 4.78 is 1.51. The number of nitrogens with zero attached hydrogens (tertiary/aromatic N) is 2. The van der Waals surface area contributed by atoms with Crippen LogP contribution in [-0.4, -0.2) is 14.6 Å². The first kappa shape index (κ1) is 8.05. The predicted octanol–water partition coefficient (Wildman–Crippen LogP) is 0.758. The largest absolute Gasteiger partial charge is 0.398 e. The molecule has 0 radical (unpaired) electrons. The number of H-pyrrole nitrogens is 1. The van der Waals surface area contributed by atoms with E-state index >= 15 is 0 Å². The lowest BCUT2D eigenvalue weighted by Gasteiger charge is -2.02. The number of nitrogen functional groups attached to an aromatic ring is 1. The van der Waals surface area contributed by atoms with Gasteiger partial charge >= 0.3 is 5.69 Å².